The van der Waals surface area contributed by atoms with Gasteiger partial charge in [-0.1, -0.05) is 0 Å². The average Bonchev–Trinajstić information content (AvgIpc) is 2.90. The van der Waals surface area contributed by atoms with Crippen molar-refractivity contribution < 1.29 is 19.4 Å². The summed E-state index contributed by atoms with van der Waals surface area (Å²) in [5.41, 5.74) is 3.38. The maximum Gasteiger partial charge on any atom is 0.223 e. The maximum atomic E-state index is 11.5. The number of ether oxygens (including phenoxy) is 2. The van der Waals surface area contributed by atoms with Gasteiger partial charge >= 0.3 is 0 Å². The van der Waals surface area contributed by atoms with Gasteiger partial charge in [0.05, 0.1) is 12.2 Å². The third kappa shape index (κ3) is 2.69. The molecule has 3 rings (SSSR count). The van der Waals surface area contributed by atoms with Crippen LogP contribution >= 0.6 is 0 Å². The van der Waals surface area contributed by atoms with Crippen LogP contribution in [0.3, 0.4) is 0 Å². The molecule has 1 unspecified atom stereocenters. The van der Waals surface area contributed by atoms with Crippen molar-refractivity contribution in [1.82, 2.24) is 4.98 Å². The van der Waals surface area contributed by atoms with E-state index in [-0.39, 0.29) is 25.1 Å². The van der Waals surface area contributed by atoms with Crippen LogP contribution in [0.4, 0.5) is 0 Å². The zero-order valence-electron chi connectivity index (χ0n) is 12.0. The number of pyridine rings is 1. The molecule has 0 radical (unpaired) electrons. The summed E-state index contributed by atoms with van der Waals surface area (Å²) < 4.78 is 11.1. The van der Waals surface area contributed by atoms with Crippen LogP contribution in [-0.2, 0) is 14.3 Å². The molecule has 2 aliphatic rings. The fraction of sp³-hybridized carbons (Fsp3) is 0.375. The van der Waals surface area contributed by atoms with E-state index >= 15 is 0 Å². The normalized spacial score (nSPS) is 22.3. The molecule has 5 nitrogen and oxygen atoms in total. The minimum Gasteiger partial charge on any atom is -0.504 e. The van der Waals surface area contributed by atoms with E-state index in [9.17, 15) is 9.90 Å². The largest absolute Gasteiger partial charge is 0.504 e. The summed E-state index contributed by atoms with van der Waals surface area (Å²) in [6, 6.07) is 3.98. The summed E-state index contributed by atoms with van der Waals surface area (Å²) >= 11 is 0. The topological polar surface area (TPSA) is 68.7 Å². The summed E-state index contributed by atoms with van der Waals surface area (Å²) in [7, 11) is 0. The lowest BCUT2D eigenvalue weighted by Gasteiger charge is -2.19. The molecule has 0 saturated carbocycles. The third-order valence-corrected chi connectivity index (χ3v) is 3.59. The van der Waals surface area contributed by atoms with Crippen molar-refractivity contribution in [3.8, 4) is 0 Å². The van der Waals surface area contributed by atoms with Crippen LogP contribution in [0.15, 0.2) is 35.3 Å². The van der Waals surface area contributed by atoms with E-state index in [0.29, 0.717) is 17.8 Å². The highest BCUT2D eigenvalue weighted by Gasteiger charge is 2.29. The molecule has 3 heterocycles. The van der Waals surface area contributed by atoms with Gasteiger partial charge in [-0.3, -0.25) is 9.78 Å². The van der Waals surface area contributed by atoms with Gasteiger partial charge in [-0.2, -0.15) is 0 Å². The van der Waals surface area contributed by atoms with E-state index in [2.05, 4.69) is 4.98 Å². The van der Waals surface area contributed by atoms with Crippen molar-refractivity contribution in [1.29, 1.82) is 0 Å². The smallest absolute Gasteiger partial charge is 0.223 e. The molecule has 0 saturated heterocycles. The molecule has 1 N–H and O–H groups in total. The Kier molecular flexibility index (Phi) is 3.51. The van der Waals surface area contributed by atoms with Crippen LogP contribution in [0, 0.1) is 13.8 Å². The SMILES string of the molecule is Cc1cc(C2CC=C(C3=C(O)C(=O)COC3)O2)cc(C)n1. The predicted octanol–water partition coefficient (Wildman–Crippen LogP) is 2.46. The van der Waals surface area contributed by atoms with Gasteiger partial charge in [-0.25, -0.2) is 0 Å². The summed E-state index contributed by atoms with van der Waals surface area (Å²) in [4.78, 5) is 15.8. The maximum absolute atomic E-state index is 11.5. The number of nitrogens with zero attached hydrogens (tertiary/aromatic N) is 1. The van der Waals surface area contributed by atoms with Crippen molar-refractivity contribution in [2.24, 2.45) is 0 Å². The first-order valence-corrected chi connectivity index (χ1v) is 6.90. The van der Waals surface area contributed by atoms with E-state index in [1.54, 1.807) is 0 Å². The number of hydrogen-bond donors (Lipinski definition) is 1. The highest BCUT2D eigenvalue weighted by Crippen LogP contribution is 2.35. The van der Waals surface area contributed by atoms with Gasteiger partial charge in [-0.15, -0.1) is 0 Å². The molecular weight excluding hydrogens is 270 g/mol. The molecule has 0 aliphatic carbocycles. The molecule has 0 bridgehead atoms. The molecule has 0 spiro atoms. The first-order chi connectivity index (χ1) is 10.0. The molecule has 0 aromatic carbocycles. The molecule has 1 atom stereocenters. The van der Waals surface area contributed by atoms with Crippen molar-refractivity contribution in [3.63, 3.8) is 0 Å². The number of rotatable bonds is 2. The lowest BCUT2D eigenvalue weighted by Crippen LogP contribution is -2.22. The predicted molar refractivity (Wildman–Crippen MR) is 75.7 cm³/mol. The van der Waals surface area contributed by atoms with Crippen molar-refractivity contribution in [2.75, 3.05) is 13.2 Å². The summed E-state index contributed by atoms with van der Waals surface area (Å²) in [5.74, 6) is -0.104. The van der Waals surface area contributed by atoms with E-state index in [0.717, 1.165) is 17.0 Å². The minimum absolute atomic E-state index is 0.0746. The zero-order valence-corrected chi connectivity index (χ0v) is 12.0. The molecule has 0 fully saturated rings. The Balaban J connectivity index is 1.82. The standard InChI is InChI=1S/C16H17NO4/c1-9-5-11(6-10(2)17-9)14-3-4-15(21-14)12-7-20-8-13(18)16(12)19/h4-6,14,19H,3,7-8H2,1-2H3. The Morgan fingerprint density at radius 3 is 2.67 bits per heavy atom. The number of carbonyl (C=O) groups is 1. The van der Waals surface area contributed by atoms with Gasteiger partial charge in [0.25, 0.3) is 0 Å². The number of carbonyl (C=O) groups excluding carboxylic acids is 1. The second-order valence-corrected chi connectivity index (χ2v) is 5.34. The fourth-order valence-electron chi connectivity index (χ4n) is 2.65. The van der Waals surface area contributed by atoms with Gasteiger partial charge < -0.3 is 14.6 Å². The minimum atomic E-state index is -0.403. The van der Waals surface area contributed by atoms with Gasteiger partial charge in [0.1, 0.15) is 18.5 Å². The van der Waals surface area contributed by atoms with Crippen molar-refractivity contribution >= 4 is 5.78 Å². The molecular formula is C16H17NO4. The van der Waals surface area contributed by atoms with Crippen molar-refractivity contribution in [3.05, 3.63) is 52.3 Å². The number of aryl methyl sites for hydroxylation is 2. The molecule has 1 aromatic heterocycles. The summed E-state index contributed by atoms with van der Waals surface area (Å²) in [5, 5.41) is 9.86. The van der Waals surface area contributed by atoms with Gasteiger partial charge in [0.15, 0.2) is 5.76 Å². The monoisotopic (exact) mass is 287 g/mol. The quantitative estimate of drug-likeness (QED) is 0.905. The van der Waals surface area contributed by atoms with Gasteiger partial charge in [0.2, 0.25) is 5.78 Å². The lowest BCUT2D eigenvalue weighted by molar-refractivity contribution is -0.123. The second kappa shape index (κ2) is 5.33. The fourth-order valence-corrected chi connectivity index (χ4v) is 2.65. The number of aromatic nitrogens is 1. The van der Waals surface area contributed by atoms with E-state index in [1.165, 1.54) is 0 Å². The van der Waals surface area contributed by atoms with Crippen LogP contribution in [0.25, 0.3) is 0 Å². The van der Waals surface area contributed by atoms with Crippen LogP contribution < -0.4 is 0 Å². The van der Waals surface area contributed by atoms with Crippen LogP contribution in [0.5, 0.6) is 0 Å². The second-order valence-electron chi connectivity index (χ2n) is 5.34. The number of ketones is 1. The van der Waals surface area contributed by atoms with Crippen LogP contribution in [0.1, 0.15) is 29.5 Å². The highest BCUT2D eigenvalue weighted by atomic mass is 16.5. The molecule has 0 amide bonds. The van der Waals surface area contributed by atoms with E-state index in [4.69, 9.17) is 9.47 Å². The first kappa shape index (κ1) is 13.8. The van der Waals surface area contributed by atoms with E-state index < -0.39 is 5.78 Å². The third-order valence-electron chi connectivity index (χ3n) is 3.59. The average molecular weight is 287 g/mol. The number of aliphatic hydroxyl groups is 1. The zero-order chi connectivity index (χ0) is 15.0. The summed E-state index contributed by atoms with van der Waals surface area (Å²) in [6.07, 6.45) is 2.48. The molecule has 1 aromatic rings. The number of hydrogen-bond acceptors (Lipinski definition) is 5. The van der Waals surface area contributed by atoms with Crippen LogP contribution in [-0.4, -0.2) is 29.1 Å². The molecule has 5 heteroatoms. The Bertz CT molecular complexity index is 640. The molecule has 2 aliphatic heterocycles. The van der Waals surface area contributed by atoms with Crippen LogP contribution in [0.2, 0.25) is 0 Å². The number of Topliss-reactive ketones (excluding diaryl/α,β-unsaturated/α-hetero) is 1. The summed E-state index contributed by atoms with van der Waals surface area (Å²) in [6.45, 7) is 4.02. The Morgan fingerprint density at radius 2 is 1.95 bits per heavy atom. The van der Waals surface area contributed by atoms with Gasteiger partial charge in [0, 0.05) is 17.8 Å². The molecule has 110 valence electrons. The Morgan fingerprint density at radius 1 is 1.24 bits per heavy atom. The lowest BCUT2D eigenvalue weighted by atomic mass is 10.1. The Labute approximate surface area is 122 Å². The van der Waals surface area contributed by atoms with E-state index in [1.807, 2.05) is 32.1 Å². The molecule has 21 heavy (non-hydrogen) atoms. The van der Waals surface area contributed by atoms with Gasteiger partial charge in [-0.05, 0) is 37.6 Å². The first-order valence-electron chi connectivity index (χ1n) is 6.90. The Hall–Kier alpha value is -2.14. The van der Waals surface area contributed by atoms with Crippen molar-refractivity contribution in [2.45, 2.75) is 26.4 Å². The number of aliphatic hydroxyl groups excluding tert-OH is 1. The highest BCUT2D eigenvalue weighted by molar-refractivity contribution is 5.96.